The van der Waals surface area contributed by atoms with E-state index in [1.54, 1.807) is 48.5 Å². The summed E-state index contributed by atoms with van der Waals surface area (Å²) in [5, 5.41) is 42.7. The highest BCUT2D eigenvalue weighted by Crippen LogP contribution is 2.40. The van der Waals surface area contributed by atoms with Crippen molar-refractivity contribution >= 4 is 39.3 Å². The van der Waals surface area contributed by atoms with Crippen LogP contribution < -0.4 is 0 Å². The lowest BCUT2D eigenvalue weighted by molar-refractivity contribution is 0.0686. The fraction of sp³-hybridized carbons (Fsp3) is 0. The van der Waals surface area contributed by atoms with Crippen LogP contribution in [0, 0.1) is 0 Å². The number of hydrogen-bond donors (Lipinski definition) is 4. The third-order valence-corrected chi connectivity index (χ3v) is 7.36. The Labute approximate surface area is 239 Å². The van der Waals surface area contributed by atoms with Gasteiger partial charge in [0.15, 0.2) is 5.78 Å². The van der Waals surface area contributed by atoms with Crippen LogP contribution in [0.3, 0.4) is 0 Å². The molecule has 6 aromatic rings. The monoisotopic (exact) mass is 554 g/mol. The Hall–Kier alpha value is -5.95. The van der Waals surface area contributed by atoms with Crippen LogP contribution in [0.5, 0.6) is 11.5 Å². The number of phenolic OH excluding ortho intramolecular Hbond substituents is 2. The Morgan fingerprint density at radius 2 is 0.833 bits per heavy atom. The predicted octanol–water partition coefficient (Wildman–Crippen LogP) is 7.37. The van der Waals surface area contributed by atoms with E-state index >= 15 is 0 Å². The fourth-order valence-corrected chi connectivity index (χ4v) is 5.49. The molecule has 0 aromatic heterocycles. The lowest BCUT2D eigenvalue weighted by atomic mass is 9.83. The van der Waals surface area contributed by atoms with Gasteiger partial charge in [-0.05, 0) is 80.2 Å². The number of aromatic carboxylic acids is 2. The first-order valence-corrected chi connectivity index (χ1v) is 13.0. The second kappa shape index (κ2) is 10.2. The number of carboxylic acids is 2. The van der Waals surface area contributed by atoms with E-state index < -0.39 is 17.7 Å². The van der Waals surface area contributed by atoms with Crippen molar-refractivity contribution in [3.63, 3.8) is 0 Å². The zero-order chi connectivity index (χ0) is 29.5. The van der Waals surface area contributed by atoms with E-state index in [1.807, 2.05) is 24.3 Å². The molecule has 0 aliphatic heterocycles. The molecule has 0 aliphatic rings. The van der Waals surface area contributed by atoms with E-state index in [1.165, 1.54) is 24.3 Å². The molecule has 0 fully saturated rings. The number of carbonyl (C=O) groups is 3. The van der Waals surface area contributed by atoms with Gasteiger partial charge in [0, 0.05) is 11.1 Å². The van der Waals surface area contributed by atoms with E-state index in [0.717, 1.165) is 22.9 Å². The Kier molecular flexibility index (Phi) is 6.40. The number of benzene rings is 6. The average Bonchev–Trinajstić information content (AvgIpc) is 2.99. The van der Waals surface area contributed by atoms with Gasteiger partial charge in [0.25, 0.3) is 0 Å². The van der Waals surface area contributed by atoms with Gasteiger partial charge in [-0.1, -0.05) is 72.8 Å². The van der Waals surface area contributed by atoms with Gasteiger partial charge < -0.3 is 20.4 Å². The van der Waals surface area contributed by atoms with E-state index in [-0.39, 0.29) is 44.9 Å². The second-order valence-electron chi connectivity index (χ2n) is 9.82. The number of rotatable bonds is 6. The first kappa shape index (κ1) is 26.3. The maximum absolute atomic E-state index is 15.0. The summed E-state index contributed by atoms with van der Waals surface area (Å²) >= 11 is 0. The van der Waals surface area contributed by atoms with Crippen molar-refractivity contribution in [1.29, 1.82) is 0 Å². The minimum atomic E-state index is -1.27. The van der Waals surface area contributed by atoms with Crippen molar-refractivity contribution in [3.8, 4) is 33.8 Å². The van der Waals surface area contributed by atoms with E-state index in [9.17, 15) is 34.8 Å². The number of phenols is 2. The Morgan fingerprint density at radius 1 is 0.452 bits per heavy atom. The molecule has 42 heavy (non-hydrogen) atoms. The third-order valence-electron chi connectivity index (χ3n) is 7.36. The summed E-state index contributed by atoms with van der Waals surface area (Å²) in [6, 6.07) is 29.4. The van der Waals surface area contributed by atoms with Gasteiger partial charge >= 0.3 is 11.9 Å². The summed E-state index contributed by atoms with van der Waals surface area (Å²) in [6.07, 6.45) is 0. The predicted molar refractivity (Wildman–Crippen MR) is 159 cm³/mol. The molecular weight excluding hydrogens is 532 g/mol. The summed E-state index contributed by atoms with van der Waals surface area (Å²) in [6.45, 7) is 0. The summed E-state index contributed by atoms with van der Waals surface area (Å²) in [5.74, 6) is -3.44. The molecule has 0 aliphatic carbocycles. The van der Waals surface area contributed by atoms with Crippen molar-refractivity contribution in [2.24, 2.45) is 0 Å². The van der Waals surface area contributed by atoms with Crippen LogP contribution in [0.25, 0.3) is 43.8 Å². The van der Waals surface area contributed by atoms with Gasteiger partial charge in [-0.15, -0.1) is 0 Å². The van der Waals surface area contributed by atoms with Gasteiger partial charge in [-0.2, -0.15) is 0 Å². The highest BCUT2D eigenvalue weighted by atomic mass is 16.4. The standard InChI is InChI=1S/C35H22O7/c36-21-11-15-25(29(17-21)34(39)40)27-13-9-19-5-1-3-7-23(19)31(27)33(38)32-24-8-4-2-6-20(24)10-14-28(32)26-16-12-22(37)18-30(26)35(41)42/h1-18,36-37H,(H,39,40)(H,41,42). The molecule has 0 atom stereocenters. The zero-order valence-electron chi connectivity index (χ0n) is 21.9. The number of hydrogen-bond acceptors (Lipinski definition) is 5. The Balaban J connectivity index is 1.73. The number of carbonyl (C=O) groups excluding carboxylic acids is 1. The molecule has 6 rings (SSSR count). The first-order valence-electron chi connectivity index (χ1n) is 13.0. The molecule has 0 saturated heterocycles. The molecule has 0 bridgehead atoms. The number of carboxylic acid groups (broad SMARTS) is 2. The van der Waals surface area contributed by atoms with Crippen LogP contribution >= 0.6 is 0 Å². The number of aromatic hydroxyl groups is 2. The van der Waals surface area contributed by atoms with Crippen LogP contribution in [-0.2, 0) is 0 Å². The van der Waals surface area contributed by atoms with Crippen LogP contribution in [-0.4, -0.2) is 38.1 Å². The van der Waals surface area contributed by atoms with Crippen LogP contribution in [0.1, 0.15) is 36.6 Å². The highest BCUT2D eigenvalue weighted by Gasteiger charge is 2.27. The minimum Gasteiger partial charge on any atom is -0.508 e. The van der Waals surface area contributed by atoms with E-state index in [0.29, 0.717) is 21.9 Å². The molecule has 204 valence electrons. The molecule has 0 unspecified atom stereocenters. The number of fused-ring (bicyclic) bond motifs is 2. The first-order chi connectivity index (χ1) is 20.2. The topological polar surface area (TPSA) is 132 Å². The molecular formula is C35H22O7. The molecule has 6 aromatic carbocycles. The second-order valence-corrected chi connectivity index (χ2v) is 9.82. The van der Waals surface area contributed by atoms with Crippen LogP contribution in [0.4, 0.5) is 0 Å². The van der Waals surface area contributed by atoms with Crippen molar-refractivity contribution in [3.05, 3.63) is 131 Å². The minimum absolute atomic E-state index is 0.177. The Morgan fingerprint density at radius 3 is 1.24 bits per heavy atom. The van der Waals surface area contributed by atoms with Crippen molar-refractivity contribution in [2.75, 3.05) is 0 Å². The van der Waals surface area contributed by atoms with Crippen LogP contribution in [0.15, 0.2) is 109 Å². The average molecular weight is 555 g/mol. The quantitative estimate of drug-likeness (QED) is 0.158. The highest BCUT2D eigenvalue weighted by molar-refractivity contribution is 6.27. The van der Waals surface area contributed by atoms with Gasteiger partial charge in [0.1, 0.15) is 11.5 Å². The summed E-state index contributed by atoms with van der Waals surface area (Å²) in [7, 11) is 0. The maximum atomic E-state index is 15.0. The van der Waals surface area contributed by atoms with E-state index in [2.05, 4.69) is 0 Å². The van der Waals surface area contributed by atoms with Gasteiger partial charge in [0.2, 0.25) is 0 Å². The molecule has 0 heterocycles. The van der Waals surface area contributed by atoms with E-state index in [4.69, 9.17) is 0 Å². The Bertz CT molecular complexity index is 1940. The van der Waals surface area contributed by atoms with Gasteiger partial charge in [-0.25, -0.2) is 9.59 Å². The SMILES string of the molecule is O=C(O)c1cc(O)ccc1-c1ccc2ccccc2c1C(=O)c1c(-c2ccc(O)cc2C(=O)O)ccc2ccccc12. The fourth-order valence-electron chi connectivity index (χ4n) is 5.49. The van der Waals surface area contributed by atoms with Crippen molar-refractivity contribution in [1.82, 2.24) is 0 Å². The lowest BCUT2D eigenvalue weighted by Gasteiger charge is -2.19. The van der Waals surface area contributed by atoms with Crippen molar-refractivity contribution in [2.45, 2.75) is 0 Å². The van der Waals surface area contributed by atoms with Gasteiger partial charge in [-0.3, -0.25) is 4.79 Å². The zero-order valence-corrected chi connectivity index (χ0v) is 21.9. The normalized spacial score (nSPS) is 11.0. The van der Waals surface area contributed by atoms with Gasteiger partial charge in [0.05, 0.1) is 11.1 Å². The molecule has 0 amide bonds. The van der Waals surface area contributed by atoms with Crippen LogP contribution in [0.2, 0.25) is 0 Å². The maximum Gasteiger partial charge on any atom is 0.336 e. The summed E-state index contributed by atoms with van der Waals surface area (Å²) in [4.78, 5) is 39.4. The van der Waals surface area contributed by atoms with Crippen molar-refractivity contribution < 1.29 is 34.8 Å². The summed E-state index contributed by atoms with van der Waals surface area (Å²) < 4.78 is 0. The lowest BCUT2D eigenvalue weighted by Crippen LogP contribution is -2.10. The molecule has 0 radical (unpaired) electrons. The summed E-state index contributed by atoms with van der Waals surface area (Å²) in [5.41, 5.74) is 1.29. The molecule has 4 N–H and O–H groups in total. The number of ketones is 1. The molecule has 0 saturated carbocycles. The largest absolute Gasteiger partial charge is 0.508 e. The molecule has 7 heteroatoms. The molecule has 7 nitrogen and oxygen atoms in total. The third kappa shape index (κ3) is 4.39. The smallest absolute Gasteiger partial charge is 0.336 e. The molecule has 0 spiro atoms.